The summed E-state index contributed by atoms with van der Waals surface area (Å²) in [7, 11) is 1.86. The van der Waals surface area contributed by atoms with Crippen molar-refractivity contribution < 1.29 is 4.74 Å². The van der Waals surface area contributed by atoms with Gasteiger partial charge in [0.05, 0.1) is 13.2 Å². The Hall–Kier alpha value is -1.59. The van der Waals surface area contributed by atoms with Gasteiger partial charge in [0.15, 0.2) is 5.96 Å². The van der Waals surface area contributed by atoms with Gasteiger partial charge in [0.1, 0.15) is 0 Å². The molecule has 0 bridgehead atoms. The van der Waals surface area contributed by atoms with Crippen LogP contribution in [0.4, 0.5) is 0 Å². The van der Waals surface area contributed by atoms with E-state index in [1.54, 1.807) is 0 Å². The highest BCUT2D eigenvalue weighted by molar-refractivity contribution is 5.79. The Morgan fingerprint density at radius 2 is 1.74 bits per heavy atom. The molecule has 2 aliphatic rings. The van der Waals surface area contributed by atoms with Gasteiger partial charge in [0, 0.05) is 39.8 Å². The van der Waals surface area contributed by atoms with E-state index in [0.29, 0.717) is 5.41 Å². The highest BCUT2D eigenvalue weighted by Crippen LogP contribution is 2.40. The molecule has 1 aliphatic heterocycles. The highest BCUT2D eigenvalue weighted by atomic mass is 16.5. The molecule has 1 aliphatic carbocycles. The lowest BCUT2D eigenvalue weighted by molar-refractivity contribution is 0.0342. The summed E-state index contributed by atoms with van der Waals surface area (Å²) < 4.78 is 5.42. The smallest absolute Gasteiger partial charge is 0.191 e. The molecule has 0 radical (unpaired) electrons. The molecule has 2 fully saturated rings. The molecule has 1 aromatic rings. The van der Waals surface area contributed by atoms with Gasteiger partial charge in [0.2, 0.25) is 0 Å². The van der Waals surface area contributed by atoms with E-state index in [-0.39, 0.29) is 0 Å². The monoisotopic (exact) mass is 372 g/mol. The summed E-state index contributed by atoms with van der Waals surface area (Å²) in [6.45, 7) is 8.94. The molecular weight excluding hydrogens is 336 g/mol. The summed E-state index contributed by atoms with van der Waals surface area (Å²) in [5.74, 6) is 0.909. The van der Waals surface area contributed by atoms with Crippen LogP contribution in [0.3, 0.4) is 0 Å². The lowest BCUT2D eigenvalue weighted by atomic mass is 9.83. The van der Waals surface area contributed by atoms with Crippen LogP contribution < -0.4 is 10.6 Å². The number of aliphatic imine (C=N–C) groups is 1. The molecule has 1 saturated heterocycles. The highest BCUT2D eigenvalue weighted by Gasteiger charge is 2.31. The van der Waals surface area contributed by atoms with Gasteiger partial charge in [-0.15, -0.1) is 0 Å². The van der Waals surface area contributed by atoms with Gasteiger partial charge in [0.25, 0.3) is 0 Å². The Morgan fingerprint density at radius 3 is 2.37 bits per heavy atom. The van der Waals surface area contributed by atoms with Gasteiger partial charge in [-0.05, 0) is 35.8 Å². The van der Waals surface area contributed by atoms with E-state index in [0.717, 1.165) is 51.9 Å². The van der Waals surface area contributed by atoms with E-state index >= 15 is 0 Å². The molecule has 1 heterocycles. The number of benzene rings is 1. The van der Waals surface area contributed by atoms with E-state index in [2.05, 4.69) is 51.7 Å². The zero-order valence-electron chi connectivity index (χ0n) is 17.1. The minimum absolute atomic E-state index is 0.471. The van der Waals surface area contributed by atoms with Crippen LogP contribution in [-0.2, 0) is 17.8 Å². The number of hydrogen-bond donors (Lipinski definition) is 2. The number of ether oxygens (including phenoxy) is 1. The quantitative estimate of drug-likeness (QED) is 0.570. The van der Waals surface area contributed by atoms with Gasteiger partial charge < -0.3 is 15.4 Å². The minimum Gasteiger partial charge on any atom is -0.379 e. The lowest BCUT2D eigenvalue weighted by Gasteiger charge is -2.28. The van der Waals surface area contributed by atoms with E-state index in [1.807, 2.05) is 7.05 Å². The van der Waals surface area contributed by atoms with Crippen molar-refractivity contribution in [1.82, 2.24) is 15.5 Å². The van der Waals surface area contributed by atoms with Crippen molar-refractivity contribution in [2.75, 3.05) is 39.9 Å². The summed E-state index contributed by atoms with van der Waals surface area (Å²) in [4.78, 5) is 6.85. The molecule has 2 N–H and O–H groups in total. The largest absolute Gasteiger partial charge is 0.379 e. The first-order chi connectivity index (χ1) is 13.2. The molecule has 0 aromatic heterocycles. The average molecular weight is 373 g/mol. The lowest BCUT2D eigenvalue weighted by Crippen LogP contribution is -2.42. The van der Waals surface area contributed by atoms with Crippen molar-refractivity contribution >= 4 is 5.96 Å². The van der Waals surface area contributed by atoms with Gasteiger partial charge in [-0.25, -0.2) is 0 Å². The van der Waals surface area contributed by atoms with E-state index < -0.39 is 0 Å². The van der Waals surface area contributed by atoms with Gasteiger partial charge in [-0.1, -0.05) is 44.0 Å². The second kappa shape index (κ2) is 10.1. The fraction of sp³-hybridized carbons (Fsp3) is 0.682. The van der Waals surface area contributed by atoms with E-state index in [4.69, 9.17) is 4.74 Å². The van der Waals surface area contributed by atoms with Crippen LogP contribution in [0.1, 0.15) is 50.2 Å². The molecule has 1 saturated carbocycles. The number of nitrogens with one attached hydrogen (secondary N) is 2. The van der Waals surface area contributed by atoms with E-state index in [1.165, 1.54) is 43.2 Å². The Labute approximate surface area is 164 Å². The van der Waals surface area contributed by atoms with Crippen LogP contribution in [0, 0.1) is 5.41 Å². The Morgan fingerprint density at radius 1 is 1.07 bits per heavy atom. The van der Waals surface area contributed by atoms with Crippen molar-refractivity contribution in [2.24, 2.45) is 10.4 Å². The molecule has 0 spiro atoms. The Balaban J connectivity index is 1.43. The van der Waals surface area contributed by atoms with Crippen LogP contribution in [0.5, 0.6) is 0 Å². The predicted molar refractivity (Wildman–Crippen MR) is 112 cm³/mol. The minimum atomic E-state index is 0.471. The van der Waals surface area contributed by atoms with Crippen molar-refractivity contribution in [2.45, 2.75) is 52.1 Å². The van der Waals surface area contributed by atoms with Gasteiger partial charge >= 0.3 is 0 Å². The van der Waals surface area contributed by atoms with Crippen molar-refractivity contribution in [3.05, 3.63) is 35.4 Å². The summed E-state index contributed by atoms with van der Waals surface area (Å²) in [6.07, 6.45) is 6.69. The maximum absolute atomic E-state index is 5.42. The van der Waals surface area contributed by atoms with Crippen molar-refractivity contribution in [1.29, 1.82) is 0 Å². The number of guanidine groups is 1. The third-order valence-corrected chi connectivity index (χ3v) is 6.26. The van der Waals surface area contributed by atoms with Crippen LogP contribution in [0.2, 0.25) is 0 Å². The zero-order chi connectivity index (χ0) is 19.0. The van der Waals surface area contributed by atoms with Crippen LogP contribution in [-0.4, -0.2) is 50.8 Å². The molecule has 0 unspecified atom stereocenters. The third kappa shape index (κ3) is 5.94. The topological polar surface area (TPSA) is 48.9 Å². The molecular formula is C22H36N4O. The maximum atomic E-state index is 5.42. The molecule has 5 nitrogen and oxygen atoms in total. The molecule has 150 valence electrons. The maximum Gasteiger partial charge on any atom is 0.191 e. The number of rotatable bonds is 7. The number of hydrogen-bond acceptors (Lipinski definition) is 3. The van der Waals surface area contributed by atoms with Gasteiger partial charge in [-0.3, -0.25) is 9.89 Å². The SMILES string of the molecule is CCC1(CNC(=NC)NCc2ccc(CN3CCOCC3)cc2)CCCC1. The molecule has 1 aromatic carbocycles. The average Bonchev–Trinajstić information content (AvgIpc) is 3.19. The van der Waals surface area contributed by atoms with Crippen LogP contribution in [0.15, 0.2) is 29.3 Å². The summed E-state index contributed by atoms with van der Waals surface area (Å²) >= 11 is 0. The summed E-state index contributed by atoms with van der Waals surface area (Å²) in [5.41, 5.74) is 3.13. The number of morpholine rings is 1. The second-order valence-corrected chi connectivity index (χ2v) is 8.04. The predicted octanol–water partition coefficient (Wildman–Crippen LogP) is 3.15. The van der Waals surface area contributed by atoms with Crippen LogP contribution >= 0.6 is 0 Å². The van der Waals surface area contributed by atoms with Crippen molar-refractivity contribution in [3.8, 4) is 0 Å². The fourth-order valence-electron chi connectivity index (χ4n) is 4.24. The second-order valence-electron chi connectivity index (χ2n) is 8.04. The Bertz CT molecular complexity index is 587. The first-order valence-electron chi connectivity index (χ1n) is 10.6. The normalized spacial score (nSPS) is 20.6. The molecule has 27 heavy (non-hydrogen) atoms. The third-order valence-electron chi connectivity index (χ3n) is 6.26. The van der Waals surface area contributed by atoms with E-state index in [9.17, 15) is 0 Å². The zero-order valence-corrected chi connectivity index (χ0v) is 17.1. The van der Waals surface area contributed by atoms with Gasteiger partial charge in [-0.2, -0.15) is 0 Å². The molecule has 5 heteroatoms. The summed E-state index contributed by atoms with van der Waals surface area (Å²) in [6, 6.07) is 8.93. The standard InChI is InChI=1S/C22H36N4O/c1-3-22(10-4-5-11-22)18-25-21(23-2)24-16-19-6-8-20(9-7-19)17-26-12-14-27-15-13-26/h6-9H,3-5,10-18H2,1-2H3,(H2,23,24,25). The first kappa shape index (κ1) is 20.2. The molecule has 0 atom stereocenters. The Kier molecular flexibility index (Phi) is 7.53. The molecule has 3 rings (SSSR count). The summed E-state index contributed by atoms with van der Waals surface area (Å²) in [5, 5.41) is 7.02. The number of nitrogens with zero attached hydrogens (tertiary/aromatic N) is 2. The first-order valence-corrected chi connectivity index (χ1v) is 10.6. The van der Waals surface area contributed by atoms with Crippen LogP contribution in [0.25, 0.3) is 0 Å². The van der Waals surface area contributed by atoms with Crippen molar-refractivity contribution in [3.63, 3.8) is 0 Å². The molecule has 0 amide bonds. The fourth-order valence-corrected chi connectivity index (χ4v) is 4.24.